The van der Waals surface area contributed by atoms with E-state index in [-0.39, 0.29) is 11.4 Å². The van der Waals surface area contributed by atoms with Crippen LogP contribution in [0.4, 0.5) is 10.1 Å². The van der Waals surface area contributed by atoms with Gasteiger partial charge in [0.2, 0.25) is 0 Å². The van der Waals surface area contributed by atoms with Crippen LogP contribution in [0, 0.1) is 28.5 Å². The Morgan fingerprint density at radius 1 is 1.09 bits per heavy atom. The average Bonchev–Trinajstić information content (AvgIpc) is 2.56. The van der Waals surface area contributed by atoms with Gasteiger partial charge in [0.1, 0.15) is 23.5 Å². The Balaban J connectivity index is 2.13. The minimum Gasteiger partial charge on any atom is -0.359 e. The Hall–Kier alpha value is -2.76. The van der Waals surface area contributed by atoms with E-state index in [0.29, 0.717) is 11.3 Å². The van der Waals surface area contributed by atoms with Gasteiger partial charge in [0.25, 0.3) is 0 Å². The van der Waals surface area contributed by atoms with Crippen LogP contribution in [0.15, 0.2) is 65.2 Å². The Labute approximate surface area is 132 Å². The summed E-state index contributed by atoms with van der Waals surface area (Å²) >= 11 is 1.48. The molecule has 1 N–H and O–H groups in total. The number of nitriles is 2. The van der Waals surface area contributed by atoms with Crippen molar-refractivity contribution in [1.82, 2.24) is 0 Å². The Kier molecular flexibility index (Phi) is 5.59. The van der Waals surface area contributed by atoms with Gasteiger partial charge in [0.05, 0.1) is 5.69 Å². The first-order valence-electron chi connectivity index (χ1n) is 6.46. The van der Waals surface area contributed by atoms with Gasteiger partial charge in [-0.3, -0.25) is 0 Å². The summed E-state index contributed by atoms with van der Waals surface area (Å²) in [5.74, 6) is 0.273. The number of nitrogens with zero attached hydrogens (tertiary/aromatic N) is 2. The second kappa shape index (κ2) is 7.87. The number of halogens is 1. The first kappa shape index (κ1) is 15.6. The molecule has 0 radical (unpaired) electrons. The summed E-state index contributed by atoms with van der Waals surface area (Å²) in [4.78, 5) is 0.914. The molecule has 108 valence electrons. The smallest absolute Gasteiger partial charge is 0.145 e. The fraction of sp³-hybridized carbons (Fsp3) is 0.0588. The van der Waals surface area contributed by atoms with Gasteiger partial charge >= 0.3 is 0 Å². The molecule has 22 heavy (non-hydrogen) atoms. The van der Waals surface area contributed by atoms with Gasteiger partial charge in [0, 0.05) is 16.8 Å². The SMILES string of the molecule is N#CC(C#N)=CNc1ccccc1SCc1ccccc1F. The second-order valence-electron chi connectivity index (χ2n) is 4.30. The molecule has 0 heterocycles. The highest BCUT2D eigenvalue weighted by atomic mass is 32.2. The van der Waals surface area contributed by atoms with Gasteiger partial charge in [0.15, 0.2) is 0 Å². The van der Waals surface area contributed by atoms with Crippen LogP contribution in [0.25, 0.3) is 0 Å². The monoisotopic (exact) mass is 309 g/mol. The molecule has 0 unspecified atom stereocenters. The van der Waals surface area contributed by atoms with E-state index in [1.54, 1.807) is 30.3 Å². The molecule has 0 aliphatic rings. The largest absolute Gasteiger partial charge is 0.359 e. The van der Waals surface area contributed by atoms with Gasteiger partial charge in [-0.1, -0.05) is 30.3 Å². The second-order valence-corrected chi connectivity index (χ2v) is 5.32. The number of rotatable bonds is 5. The van der Waals surface area contributed by atoms with Crippen LogP contribution < -0.4 is 5.32 Å². The molecule has 0 aromatic heterocycles. The first-order valence-corrected chi connectivity index (χ1v) is 7.45. The number of hydrogen-bond acceptors (Lipinski definition) is 4. The van der Waals surface area contributed by atoms with Crippen LogP contribution >= 0.6 is 11.8 Å². The minimum atomic E-state index is -0.225. The van der Waals surface area contributed by atoms with Crippen LogP contribution in [0.3, 0.4) is 0 Å². The lowest BCUT2D eigenvalue weighted by atomic mass is 10.2. The van der Waals surface area contributed by atoms with Crippen molar-refractivity contribution in [2.45, 2.75) is 10.6 Å². The third-order valence-corrected chi connectivity index (χ3v) is 3.96. The molecule has 0 spiro atoms. The number of allylic oxidation sites excluding steroid dienone is 1. The highest BCUT2D eigenvalue weighted by Gasteiger charge is 2.05. The van der Waals surface area contributed by atoms with Crippen LogP contribution in [0.2, 0.25) is 0 Å². The number of para-hydroxylation sites is 1. The fourth-order valence-corrected chi connectivity index (χ4v) is 2.72. The maximum atomic E-state index is 13.6. The Morgan fingerprint density at radius 3 is 2.50 bits per heavy atom. The lowest BCUT2D eigenvalue weighted by molar-refractivity contribution is 0.617. The highest BCUT2D eigenvalue weighted by Crippen LogP contribution is 2.30. The molecule has 0 aliphatic heterocycles. The van der Waals surface area contributed by atoms with Crippen LogP contribution in [-0.2, 0) is 5.75 Å². The summed E-state index contributed by atoms with van der Waals surface area (Å²) in [6, 6.07) is 17.7. The van der Waals surface area contributed by atoms with Crippen molar-refractivity contribution in [2.24, 2.45) is 0 Å². The zero-order chi connectivity index (χ0) is 15.8. The van der Waals surface area contributed by atoms with Crippen LogP contribution in [0.5, 0.6) is 0 Å². The summed E-state index contributed by atoms with van der Waals surface area (Å²) in [6.07, 6.45) is 1.36. The standard InChI is InChI=1S/C17H12FN3S/c18-15-6-2-1-5-14(15)12-22-17-8-4-3-7-16(17)21-11-13(9-19)10-20/h1-8,11,21H,12H2. The van der Waals surface area contributed by atoms with E-state index >= 15 is 0 Å². The lowest BCUT2D eigenvalue weighted by Gasteiger charge is -2.09. The topological polar surface area (TPSA) is 59.6 Å². The summed E-state index contributed by atoms with van der Waals surface area (Å²) in [5.41, 5.74) is 1.40. The van der Waals surface area contributed by atoms with E-state index in [1.165, 1.54) is 24.0 Å². The third kappa shape index (κ3) is 4.12. The lowest BCUT2D eigenvalue weighted by Crippen LogP contribution is -1.93. The van der Waals surface area contributed by atoms with E-state index in [2.05, 4.69) is 5.32 Å². The van der Waals surface area contributed by atoms with Gasteiger partial charge in [-0.15, -0.1) is 11.8 Å². The number of hydrogen-bond donors (Lipinski definition) is 1. The van der Waals surface area contributed by atoms with Crippen molar-refractivity contribution in [2.75, 3.05) is 5.32 Å². The molecule has 2 rings (SSSR count). The number of thioether (sulfide) groups is 1. The first-order chi connectivity index (χ1) is 10.7. The van der Waals surface area contributed by atoms with Gasteiger partial charge in [-0.05, 0) is 23.8 Å². The maximum Gasteiger partial charge on any atom is 0.145 e. The summed E-state index contributed by atoms with van der Waals surface area (Å²) < 4.78 is 13.6. The molecule has 0 bridgehead atoms. The molecule has 5 heteroatoms. The van der Waals surface area contributed by atoms with Crippen LogP contribution in [0.1, 0.15) is 5.56 Å². The predicted octanol–water partition coefficient (Wildman–Crippen LogP) is 4.46. The predicted molar refractivity (Wildman–Crippen MR) is 85.3 cm³/mol. The van der Waals surface area contributed by atoms with E-state index in [9.17, 15) is 4.39 Å². The van der Waals surface area contributed by atoms with E-state index < -0.39 is 0 Å². The molecular weight excluding hydrogens is 297 g/mol. The Morgan fingerprint density at radius 2 is 1.77 bits per heavy atom. The van der Waals surface area contributed by atoms with Crippen molar-refractivity contribution in [3.8, 4) is 12.1 Å². The van der Waals surface area contributed by atoms with E-state index in [1.807, 2.05) is 24.3 Å². The van der Waals surface area contributed by atoms with E-state index in [0.717, 1.165) is 10.6 Å². The Bertz CT molecular complexity index is 756. The van der Waals surface area contributed by atoms with Crippen molar-refractivity contribution in [1.29, 1.82) is 10.5 Å². The molecule has 0 aliphatic carbocycles. The number of benzene rings is 2. The molecule has 0 fully saturated rings. The van der Waals surface area contributed by atoms with Gasteiger partial charge < -0.3 is 5.32 Å². The zero-order valence-electron chi connectivity index (χ0n) is 11.6. The molecule has 2 aromatic carbocycles. The molecule has 3 nitrogen and oxygen atoms in total. The molecule has 0 amide bonds. The molecule has 0 saturated carbocycles. The average molecular weight is 309 g/mol. The maximum absolute atomic E-state index is 13.6. The van der Waals surface area contributed by atoms with Gasteiger partial charge in [-0.2, -0.15) is 10.5 Å². The molecule has 2 aromatic rings. The quantitative estimate of drug-likeness (QED) is 0.654. The third-order valence-electron chi connectivity index (χ3n) is 2.84. The number of anilines is 1. The van der Waals surface area contributed by atoms with Crippen LogP contribution in [-0.4, -0.2) is 0 Å². The van der Waals surface area contributed by atoms with Crippen molar-refractivity contribution in [3.05, 3.63) is 71.7 Å². The molecule has 0 saturated heterocycles. The number of nitrogens with one attached hydrogen (secondary N) is 1. The summed E-state index contributed by atoms with van der Waals surface area (Å²) in [5, 5.41) is 20.4. The fourth-order valence-electron chi connectivity index (χ4n) is 1.72. The van der Waals surface area contributed by atoms with Gasteiger partial charge in [-0.25, -0.2) is 4.39 Å². The normalized spacial score (nSPS) is 9.41. The van der Waals surface area contributed by atoms with E-state index in [4.69, 9.17) is 10.5 Å². The van der Waals surface area contributed by atoms with Crippen molar-refractivity contribution < 1.29 is 4.39 Å². The molecular formula is C17H12FN3S. The highest BCUT2D eigenvalue weighted by molar-refractivity contribution is 7.98. The summed E-state index contributed by atoms with van der Waals surface area (Å²) in [7, 11) is 0. The van der Waals surface area contributed by atoms with Crippen molar-refractivity contribution >= 4 is 17.4 Å². The van der Waals surface area contributed by atoms with Crippen molar-refractivity contribution in [3.63, 3.8) is 0 Å². The minimum absolute atomic E-state index is 0.00564. The molecule has 0 atom stereocenters. The summed E-state index contributed by atoms with van der Waals surface area (Å²) in [6.45, 7) is 0. The zero-order valence-corrected chi connectivity index (χ0v) is 12.4.